The van der Waals surface area contributed by atoms with Gasteiger partial charge in [0.25, 0.3) is 5.91 Å². The quantitative estimate of drug-likeness (QED) is 0.825. The highest BCUT2D eigenvalue weighted by molar-refractivity contribution is 5.95. The zero-order chi connectivity index (χ0) is 18.7. The fourth-order valence-corrected chi connectivity index (χ4v) is 3.04. The smallest absolute Gasteiger partial charge is 0.251 e. The van der Waals surface area contributed by atoms with E-state index in [9.17, 15) is 14.4 Å². The number of carbonyl (C=O) groups is 3. The van der Waals surface area contributed by atoms with Crippen LogP contribution in [0.25, 0.3) is 0 Å². The molecule has 26 heavy (non-hydrogen) atoms. The maximum Gasteiger partial charge on any atom is 0.251 e. The highest BCUT2D eigenvalue weighted by Crippen LogP contribution is 2.20. The molecule has 1 aromatic carbocycles. The fraction of sp³-hybridized carbons (Fsp3) is 0.526. The predicted octanol–water partition coefficient (Wildman–Crippen LogP) is 1.07. The van der Waals surface area contributed by atoms with E-state index in [1.807, 2.05) is 19.1 Å². The molecule has 2 aliphatic rings. The fourth-order valence-electron chi connectivity index (χ4n) is 3.04. The first kappa shape index (κ1) is 18.2. The number of rotatable bonds is 5. The van der Waals surface area contributed by atoms with Gasteiger partial charge >= 0.3 is 0 Å². The second kappa shape index (κ2) is 7.76. The summed E-state index contributed by atoms with van der Waals surface area (Å²) in [6.45, 7) is 5.66. The molecule has 1 aliphatic carbocycles. The molecule has 2 fully saturated rings. The number of nitrogens with one attached hydrogen (secondary N) is 2. The standard InChI is InChI=1S/C19H26N4O3/c1-13(19(26)23-11-9-22(10-12-23)14(2)24)20-16-5-3-15(4-6-16)18(25)21-17-7-8-17/h3-6,13,17,20H,7-12H2,1-2H3,(H,21,25). The van der Waals surface area contributed by atoms with Gasteiger partial charge in [0.15, 0.2) is 0 Å². The number of amides is 3. The van der Waals surface area contributed by atoms with Crippen molar-refractivity contribution in [2.45, 2.75) is 38.8 Å². The molecule has 1 unspecified atom stereocenters. The van der Waals surface area contributed by atoms with Crippen molar-refractivity contribution in [1.29, 1.82) is 0 Å². The van der Waals surface area contributed by atoms with Crippen molar-refractivity contribution in [3.05, 3.63) is 29.8 Å². The maximum atomic E-state index is 12.6. The van der Waals surface area contributed by atoms with Gasteiger partial charge in [0, 0.05) is 50.4 Å². The molecule has 3 amide bonds. The highest BCUT2D eigenvalue weighted by atomic mass is 16.2. The van der Waals surface area contributed by atoms with Gasteiger partial charge in [-0.1, -0.05) is 0 Å². The van der Waals surface area contributed by atoms with Crippen LogP contribution in [-0.4, -0.2) is 65.8 Å². The van der Waals surface area contributed by atoms with Crippen molar-refractivity contribution in [1.82, 2.24) is 15.1 Å². The van der Waals surface area contributed by atoms with Crippen LogP contribution >= 0.6 is 0 Å². The minimum Gasteiger partial charge on any atom is -0.374 e. The van der Waals surface area contributed by atoms with Crippen LogP contribution in [-0.2, 0) is 9.59 Å². The molecule has 3 rings (SSSR count). The van der Waals surface area contributed by atoms with Crippen LogP contribution in [0.15, 0.2) is 24.3 Å². The summed E-state index contributed by atoms with van der Waals surface area (Å²) < 4.78 is 0. The van der Waals surface area contributed by atoms with E-state index in [0.717, 1.165) is 18.5 Å². The third-order valence-corrected chi connectivity index (χ3v) is 4.85. The van der Waals surface area contributed by atoms with Gasteiger partial charge in [0.2, 0.25) is 11.8 Å². The minimum absolute atomic E-state index is 0.0174. The Morgan fingerprint density at radius 3 is 2.12 bits per heavy atom. The van der Waals surface area contributed by atoms with Gasteiger partial charge in [-0.25, -0.2) is 0 Å². The number of benzene rings is 1. The number of hydrogen-bond acceptors (Lipinski definition) is 4. The van der Waals surface area contributed by atoms with Crippen molar-refractivity contribution < 1.29 is 14.4 Å². The summed E-state index contributed by atoms with van der Waals surface area (Å²) in [7, 11) is 0. The van der Waals surface area contributed by atoms with Gasteiger partial charge in [-0.15, -0.1) is 0 Å². The Balaban J connectivity index is 1.50. The lowest BCUT2D eigenvalue weighted by molar-refractivity contribution is -0.138. The minimum atomic E-state index is -0.370. The Kier molecular flexibility index (Phi) is 5.44. The molecule has 1 atom stereocenters. The van der Waals surface area contributed by atoms with Crippen molar-refractivity contribution >= 4 is 23.4 Å². The molecule has 1 saturated carbocycles. The lowest BCUT2D eigenvalue weighted by Gasteiger charge is -2.35. The zero-order valence-electron chi connectivity index (χ0n) is 15.3. The zero-order valence-corrected chi connectivity index (χ0v) is 15.3. The van der Waals surface area contributed by atoms with Crippen molar-refractivity contribution in [3.8, 4) is 0 Å². The second-order valence-electron chi connectivity index (χ2n) is 7.02. The van der Waals surface area contributed by atoms with E-state index in [4.69, 9.17) is 0 Å². The Morgan fingerprint density at radius 2 is 1.58 bits per heavy atom. The van der Waals surface area contributed by atoms with Gasteiger partial charge in [-0.3, -0.25) is 14.4 Å². The molecule has 0 radical (unpaired) electrons. The summed E-state index contributed by atoms with van der Waals surface area (Å²) in [5, 5.41) is 6.14. The van der Waals surface area contributed by atoms with Crippen LogP contribution in [0.4, 0.5) is 5.69 Å². The van der Waals surface area contributed by atoms with E-state index >= 15 is 0 Å². The van der Waals surface area contributed by atoms with Gasteiger partial charge in [0.05, 0.1) is 0 Å². The van der Waals surface area contributed by atoms with Crippen LogP contribution in [0.1, 0.15) is 37.0 Å². The van der Waals surface area contributed by atoms with E-state index in [2.05, 4.69) is 10.6 Å². The summed E-state index contributed by atoms with van der Waals surface area (Å²) >= 11 is 0. The molecule has 7 nitrogen and oxygen atoms in total. The predicted molar refractivity (Wildman–Crippen MR) is 98.8 cm³/mol. The molecular formula is C19H26N4O3. The summed E-state index contributed by atoms with van der Waals surface area (Å²) in [4.78, 5) is 39.5. The van der Waals surface area contributed by atoms with Gasteiger partial charge in [0.1, 0.15) is 6.04 Å². The number of hydrogen-bond donors (Lipinski definition) is 2. The molecule has 1 heterocycles. The largest absolute Gasteiger partial charge is 0.374 e. The van der Waals surface area contributed by atoms with Gasteiger partial charge < -0.3 is 20.4 Å². The Bertz CT molecular complexity index is 677. The van der Waals surface area contributed by atoms with Crippen molar-refractivity contribution in [2.24, 2.45) is 0 Å². The summed E-state index contributed by atoms with van der Waals surface area (Å²) in [5.74, 6) is 0.0179. The third kappa shape index (κ3) is 4.53. The molecule has 2 N–H and O–H groups in total. The molecular weight excluding hydrogens is 332 g/mol. The SMILES string of the molecule is CC(=O)N1CCN(C(=O)C(C)Nc2ccc(C(=O)NC3CC3)cc2)CC1. The summed E-state index contributed by atoms with van der Waals surface area (Å²) in [6, 6.07) is 7.14. The van der Waals surface area contributed by atoms with Crippen LogP contribution in [0.3, 0.4) is 0 Å². The molecule has 1 aliphatic heterocycles. The number of anilines is 1. The Labute approximate surface area is 153 Å². The number of nitrogens with zero attached hydrogens (tertiary/aromatic N) is 2. The van der Waals surface area contributed by atoms with E-state index in [0.29, 0.717) is 37.8 Å². The Hall–Kier alpha value is -2.57. The van der Waals surface area contributed by atoms with Crippen LogP contribution < -0.4 is 10.6 Å². The lowest BCUT2D eigenvalue weighted by Crippen LogP contribution is -2.53. The van der Waals surface area contributed by atoms with Crippen LogP contribution in [0, 0.1) is 0 Å². The average molecular weight is 358 g/mol. The van der Waals surface area contributed by atoms with E-state index in [1.165, 1.54) is 0 Å². The molecule has 0 spiro atoms. The first-order valence-corrected chi connectivity index (χ1v) is 9.16. The average Bonchev–Trinajstić information content (AvgIpc) is 3.45. The van der Waals surface area contributed by atoms with Crippen LogP contribution in [0.2, 0.25) is 0 Å². The topological polar surface area (TPSA) is 81.8 Å². The van der Waals surface area contributed by atoms with Gasteiger partial charge in [-0.05, 0) is 44.0 Å². The molecule has 7 heteroatoms. The van der Waals surface area contributed by atoms with E-state index in [-0.39, 0.29) is 23.8 Å². The van der Waals surface area contributed by atoms with Crippen LogP contribution in [0.5, 0.6) is 0 Å². The first-order valence-electron chi connectivity index (χ1n) is 9.16. The first-order chi connectivity index (χ1) is 12.4. The highest BCUT2D eigenvalue weighted by Gasteiger charge is 2.26. The lowest BCUT2D eigenvalue weighted by atomic mass is 10.1. The maximum absolute atomic E-state index is 12.6. The molecule has 1 saturated heterocycles. The summed E-state index contributed by atoms with van der Waals surface area (Å²) in [6.07, 6.45) is 2.12. The monoisotopic (exact) mass is 358 g/mol. The number of piperazine rings is 1. The molecule has 1 aromatic rings. The third-order valence-electron chi connectivity index (χ3n) is 4.85. The Morgan fingerprint density at radius 1 is 1.00 bits per heavy atom. The van der Waals surface area contributed by atoms with Gasteiger partial charge in [-0.2, -0.15) is 0 Å². The number of carbonyl (C=O) groups excluding carboxylic acids is 3. The normalized spacial score (nSPS) is 18.2. The van der Waals surface area contributed by atoms with Crippen molar-refractivity contribution in [2.75, 3.05) is 31.5 Å². The van der Waals surface area contributed by atoms with E-state index < -0.39 is 0 Å². The van der Waals surface area contributed by atoms with Crippen molar-refractivity contribution in [3.63, 3.8) is 0 Å². The summed E-state index contributed by atoms with van der Waals surface area (Å²) in [5.41, 5.74) is 1.43. The van der Waals surface area contributed by atoms with E-state index in [1.54, 1.807) is 28.9 Å². The molecule has 140 valence electrons. The molecule has 0 aromatic heterocycles. The second-order valence-corrected chi connectivity index (χ2v) is 7.02. The molecule has 0 bridgehead atoms.